The van der Waals surface area contributed by atoms with Gasteiger partial charge in [0.15, 0.2) is 0 Å². The van der Waals surface area contributed by atoms with E-state index in [1.165, 1.54) is 19.2 Å². The zero-order chi connectivity index (χ0) is 21.8. The Morgan fingerprint density at radius 1 is 1.50 bits per heavy atom. The first kappa shape index (κ1) is 22.1. The molecule has 0 fully saturated rings. The fraction of sp³-hybridized carbons (Fsp3) is 0.286. The lowest BCUT2D eigenvalue weighted by atomic mass is 9.93. The molecule has 0 spiro atoms. The summed E-state index contributed by atoms with van der Waals surface area (Å²) in [5, 5.41) is 7.51. The van der Waals surface area contributed by atoms with Crippen LogP contribution >= 0.6 is 23.8 Å². The van der Waals surface area contributed by atoms with Gasteiger partial charge in [0.1, 0.15) is 11.6 Å². The number of nitrogens with zero attached hydrogens (tertiary/aromatic N) is 2. The Bertz CT molecular complexity index is 1030. The van der Waals surface area contributed by atoms with Crippen molar-refractivity contribution in [3.63, 3.8) is 0 Å². The molecule has 1 aliphatic rings. The van der Waals surface area contributed by atoms with Crippen LogP contribution in [0.4, 0.5) is 4.39 Å². The van der Waals surface area contributed by atoms with Gasteiger partial charge < -0.3 is 15.8 Å². The predicted octanol–water partition coefficient (Wildman–Crippen LogP) is 2.96. The van der Waals surface area contributed by atoms with E-state index in [1.807, 2.05) is 0 Å². The van der Waals surface area contributed by atoms with Crippen LogP contribution in [0.25, 0.3) is 5.57 Å². The number of aryl methyl sites for hydroxylation is 1. The van der Waals surface area contributed by atoms with Crippen LogP contribution in [0.15, 0.2) is 47.9 Å². The monoisotopic (exact) mass is 448 g/mol. The Morgan fingerprint density at radius 2 is 2.27 bits per heavy atom. The third-order valence-corrected chi connectivity index (χ3v) is 5.49. The maximum Gasteiger partial charge on any atom is 0.252 e. The fourth-order valence-electron chi connectivity index (χ4n) is 3.37. The van der Waals surface area contributed by atoms with Gasteiger partial charge in [0.2, 0.25) is 0 Å². The van der Waals surface area contributed by atoms with E-state index in [9.17, 15) is 9.18 Å². The van der Waals surface area contributed by atoms with E-state index in [-0.39, 0.29) is 24.3 Å². The van der Waals surface area contributed by atoms with Crippen LogP contribution in [-0.4, -0.2) is 40.2 Å². The van der Waals surface area contributed by atoms with Gasteiger partial charge in [0.25, 0.3) is 5.91 Å². The standard InChI is InChI=1S/C21H22ClFN4O2S/c1-27-20(17(22)11-25-27)15-9-19(30)16(8-18(15)29-2)21(28)26-14(10-24)7-12-4-3-5-13(23)6-12/h3-6,8,11,14H,7,9-10,24H2,1-2H3,(H,26,28)/t14-/m0/s1. The van der Waals surface area contributed by atoms with Crippen molar-refractivity contribution in [2.24, 2.45) is 12.8 Å². The molecular formula is C21H22ClFN4O2S. The first-order valence-electron chi connectivity index (χ1n) is 9.29. The maximum absolute atomic E-state index is 13.4. The van der Waals surface area contributed by atoms with Crippen molar-refractivity contribution < 1.29 is 13.9 Å². The minimum Gasteiger partial charge on any atom is -0.496 e. The second-order valence-electron chi connectivity index (χ2n) is 6.91. The summed E-state index contributed by atoms with van der Waals surface area (Å²) in [6, 6.07) is 5.84. The Kier molecular flexibility index (Phi) is 7.02. The Hall–Kier alpha value is -2.55. The normalized spacial score (nSPS) is 15.1. The molecule has 0 unspecified atom stereocenters. The first-order chi connectivity index (χ1) is 14.3. The molecule has 1 amide bonds. The van der Waals surface area contributed by atoms with Crippen LogP contribution in [-0.2, 0) is 23.0 Å². The van der Waals surface area contributed by atoms with Crippen molar-refractivity contribution in [1.29, 1.82) is 0 Å². The van der Waals surface area contributed by atoms with Crippen LogP contribution < -0.4 is 11.1 Å². The van der Waals surface area contributed by atoms with Gasteiger partial charge in [-0.15, -0.1) is 0 Å². The molecule has 3 rings (SSSR count). The third-order valence-electron chi connectivity index (χ3n) is 4.85. The van der Waals surface area contributed by atoms with Gasteiger partial charge in [-0.25, -0.2) is 4.39 Å². The molecule has 1 aromatic carbocycles. The van der Waals surface area contributed by atoms with Gasteiger partial charge in [-0.2, -0.15) is 5.10 Å². The molecule has 0 bridgehead atoms. The molecule has 9 heteroatoms. The SMILES string of the molecule is COC1=C(c2c(Cl)cnn2C)CC(=S)C(C(=O)N[C@H](CN)Cc2cccc(F)c2)=C1. The number of ether oxygens (including phenoxy) is 1. The minimum atomic E-state index is -0.370. The number of amides is 1. The number of carbonyl (C=O) groups is 1. The van der Waals surface area contributed by atoms with E-state index in [2.05, 4.69) is 10.4 Å². The summed E-state index contributed by atoms with van der Waals surface area (Å²) in [7, 11) is 3.29. The lowest BCUT2D eigenvalue weighted by Gasteiger charge is -2.23. The average Bonchev–Trinajstić information content (AvgIpc) is 3.05. The number of allylic oxidation sites excluding steroid dienone is 2. The average molecular weight is 449 g/mol. The molecule has 0 radical (unpaired) electrons. The van der Waals surface area contributed by atoms with Gasteiger partial charge in [-0.1, -0.05) is 36.0 Å². The zero-order valence-electron chi connectivity index (χ0n) is 16.6. The number of carbonyl (C=O) groups excluding carboxylic acids is 1. The van der Waals surface area contributed by atoms with Crippen LogP contribution in [0.5, 0.6) is 0 Å². The zero-order valence-corrected chi connectivity index (χ0v) is 18.2. The molecule has 1 atom stereocenters. The van der Waals surface area contributed by atoms with Crippen molar-refractivity contribution in [2.75, 3.05) is 13.7 Å². The number of halogens is 2. The van der Waals surface area contributed by atoms with E-state index in [0.29, 0.717) is 39.8 Å². The summed E-state index contributed by atoms with van der Waals surface area (Å²) in [6.07, 6.45) is 3.87. The topological polar surface area (TPSA) is 82.2 Å². The second-order valence-corrected chi connectivity index (χ2v) is 7.81. The molecule has 158 valence electrons. The highest BCUT2D eigenvalue weighted by Crippen LogP contribution is 2.34. The Labute approximate surface area is 184 Å². The molecule has 1 aliphatic carbocycles. The molecule has 30 heavy (non-hydrogen) atoms. The Morgan fingerprint density at radius 3 is 2.87 bits per heavy atom. The molecule has 1 aromatic heterocycles. The summed E-state index contributed by atoms with van der Waals surface area (Å²) < 4.78 is 20.6. The summed E-state index contributed by atoms with van der Waals surface area (Å²) in [4.78, 5) is 13.4. The highest BCUT2D eigenvalue weighted by molar-refractivity contribution is 7.81. The van der Waals surface area contributed by atoms with Gasteiger partial charge in [0, 0.05) is 36.5 Å². The number of hydrogen-bond acceptors (Lipinski definition) is 5. The molecule has 3 N–H and O–H groups in total. The highest BCUT2D eigenvalue weighted by atomic mass is 35.5. The third kappa shape index (κ3) is 4.77. The van der Waals surface area contributed by atoms with Gasteiger partial charge in [-0.05, 0) is 30.2 Å². The Balaban J connectivity index is 1.83. The van der Waals surface area contributed by atoms with E-state index < -0.39 is 0 Å². The lowest BCUT2D eigenvalue weighted by molar-refractivity contribution is -0.117. The minimum absolute atomic E-state index is 0.200. The molecule has 2 aromatic rings. The van der Waals surface area contributed by atoms with Gasteiger partial charge in [-0.3, -0.25) is 9.48 Å². The van der Waals surface area contributed by atoms with E-state index in [1.54, 1.807) is 36.1 Å². The first-order valence-corrected chi connectivity index (χ1v) is 10.1. The van der Waals surface area contributed by atoms with Crippen molar-refractivity contribution in [1.82, 2.24) is 15.1 Å². The number of hydrogen-bond donors (Lipinski definition) is 2. The number of aromatic nitrogens is 2. The second kappa shape index (κ2) is 9.51. The van der Waals surface area contributed by atoms with Crippen LogP contribution in [0.2, 0.25) is 5.02 Å². The molecular weight excluding hydrogens is 427 g/mol. The lowest BCUT2D eigenvalue weighted by Crippen LogP contribution is -2.43. The van der Waals surface area contributed by atoms with E-state index in [4.69, 9.17) is 34.3 Å². The van der Waals surface area contributed by atoms with Crippen LogP contribution in [0.1, 0.15) is 17.7 Å². The van der Waals surface area contributed by atoms with Gasteiger partial charge in [0.05, 0.1) is 29.6 Å². The largest absolute Gasteiger partial charge is 0.496 e. The smallest absolute Gasteiger partial charge is 0.252 e. The number of benzene rings is 1. The quantitative estimate of drug-likeness (QED) is 0.636. The molecule has 0 aliphatic heterocycles. The molecule has 0 saturated heterocycles. The van der Waals surface area contributed by atoms with Gasteiger partial charge >= 0.3 is 0 Å². The van der Waals surface area contributed by atoms with Crippen LogP contribution in [0.3, 0.4) is 0 Å². The number of rotatable bonds is 7. The summed E-state index contributed by atoms with van der Waals surface area (Å²) >= 11 is 11.8. The number of methoxy groups -OCH3 is 1. The number of thiocarbonyl (C=S) groups is 1. The van der Waals surface area contributed by atoms with Crippen molar-refractivity contribution in [3.05, 3.63) is 70.0 Å². The fourth-order valence-corrected chi connectivity index (χ4v) is 3.95. The molecule has 1 heterocycles. The number of nitrogens with one attached hydrogen (secondary N) is 1. The molecule has 0 saturated carbocycles. The molecule has 6 nitrogen and oxygen atoms in total. The highest BCUT2D eigenvalue weighted by Gasteiger charge is 2.28. The van der Waals surface area contributed by atoms with Crippen LogP contribution in [0, 0.1) is 5.82 Å². The number of nitrogens with two attached hydrogens (primary N) is 1. The van der Waals surface area contributed by atoms with E-state index >= 15 is 0 Å². The maximum atomic E-state index is 13.4. The summed E-state index contributed by atoms with van der Waals surface area (Å²) in [5.41, 5.74) is 8.36. The predicted molar refractivity (Wildman–Crippen MR) is 119 cm³/mol. The van der Waals surface area contributed by atoms with Crippen molar-refractivity contribution >= 4 is 40.2 Å². The summed E-state index contributed by atoms with van der Waals surface area (Å²) in [5.74, 6) is -0.188. The van der Waals surface area contributed by atoms with Crippen molar-refractivity contribution in [3.8, 4) is 0 Å². The van der Waals surface area contributed by atoms with Crippen molar-refractivity contribution in [2.45, 2.75) is 18.9 Å². The summed E-state index contributed by atoms with van der Waals surface area (Å²) in [6.45, 7) is 0.200. The van der Waals surface area contributed by atoms with E-state index in [0.717, 1.165) is 11.1 Å².